The predicted molar refractivity (Wildman–Crippen MR) is 81.0 cm³/mol. The fraction of sp³-hybridized carbons (Fsp3) is 0.562. The van der Waals surface area contributed by atoms with E-state index in [9.17, 15) is 9.90 Å². The average molecular weight is 276 g/mol. The number of nitrogens with one attached hydrogen (secondary N) is 2. The lowest BCUT2D eigenvalue weighted by atomic mass is 10.1. The number of amides is 2. The molecule has 0 fully saturated rings. The van der Waals surface area contributed by atoms with Crippen molar-refractivity contribution in [3.63, 3.8) is 0 Å². The zero-order valence-corrected chi connectivity index (χ0v) is 12.3. The Morgan fingerprint density at radius 2 is 2.05 bits per heavy atom. The van der Waals surface area contributed by atoms with Crippen LogP contribution in [0.25, 0.3) is 0 Å². The molecule has 2 amide bonds. The molecule has 0 bridgehead atoms. The summed E-state index contributed by atoms with van der Waals surface area (Å²) >= 11 is 0. The van der Waals surface area contributed by atoms with E-state index in [1.165, 1.54) is 17.5 Å². The maximum Gasteiger partial charge on any atom is 0.319 e. The number of hydrogen-bond donors (Lipinski definition) is 3. The predicted octanol–water partition coefficient (Wildman–Crippen LogP) is 2.70. The molecule has 0 heterocycles. The topological polar surface area (TPSA) is 61.4 Å². The molecule has 4 nitrogen and oxygen atoms in total. The van der Waals surface area contributed by atoms with Crippen molar-refractivity contribution in [1.82, 2.24) is 5.32 Å². The molecule has 1 aliphatic carbocycles. The zero-order valence-electron chi connectivity index (χ0n) is 12.3. The van der Waals surface area contributed by atoms with Crippen LogP contribution in [-0.4, -0.2) is 23.8 Å². The molecule has 3 N–H and O–H groups in total. The summed E-state index contributed by atoms with van der Waals surface area (Å²) in [6.07, 6.45) is 3.65. The molecule has 0 radical (unpaired) electrons. The van der Waals surface area contributed by atoms with Crippen LogP contribution in [0.4, 0.5) is 10.5 Å². The molecule has 2 rings (SSSR count). The van der Waals surface area contributed by atoms with Crippen LogP contribution in [0, 0.1) is 5.92 Å². The largest absolute Gasteiger partial charge is 0.391 e. The number of urea groups is 1. The van der Waals surface area contributed by atoms with Gasteiger partial charge in [-0.2, -0.15) is 0 Å². The maximum atomic E-state index is 11.8. The fourth-order valence-electron chi connectivity index (χ4n) is 2.66. The lowest BCUT2D eigenvalue weighted by Crippen LogP contribution is -2.35. The number of carbonyl (C=O) groups excluding carboxylic acids is 1. The van der Waals surface area contributed by atoms with Crippen LogP contribution in [0.15, 0.2) is 18.2 Å². The second-order valence-corrected chi connectivity index (χ2v) is 5.96. The van der Waals surface area contributed by atoms with Crippen LogP contribution in [-0.2, 0) is 12.8 Å². The maximum absolute atomic E-state index is 11.8. The van der Waals surface area contributed by atoms with Crippen molar-refractivity contribution in [2.24, 2.45) is 5.92 Å². The molecule has 1 unspecified atom stereocenters. The Labute approximate surface area is 120 Å². The van der Waals surface area contributed by atoms with Crippen LogP contribution in [0.5, 0.6) is 0 Å². The Kier molecular flexibility index (Phi) is 5.01. The normalized spacial score (nSPS) is 15.0. The van der Waals surface area contributed by atoms with Crippen LogP contribution in [0.1, 0.15) is 37.8 Å². The summed E-state index contributed by atoms with van der Waals surface area (Å²) in [5.74, 6) is 0.423. The number of rotatable bonds is 5. The van der Waals surface area contributed by atoms with Gasteiger partial charge in [-0.15, -0.1) is 0 Å². The quantitative estimate of drug-likeness (QED) is 0.774. The van der Waals surface area contributed by atoms with E-state index in [1.54, 1.807) is 0 Å². The first-order valence-corrected chi connectivity index (χ1v) is 7.39. The Morgan fingerprint density at radius 1 is 1.30 bits per heavy atom. The highest BCUT2D eigenvalue weighted by Crippen LogP contribution is 2.24. The van der Waals surface area contributed by atoms with Crippen molar-refractivity contribution < 1.29 is 9.90 Å². The summed E-state index contributed by atoms with van der Waals surface area (Å²) in [4.78, 5) is 11.8. The van der Waals surface area contributed by atoms with Gasteiger partial charge in [0.2, 0.25) is 0 Å². The summed E-state index contributed by atoms with van der Waals surface area (Å²) in [5, 5.41) is 15.2. The van der Waals surface area contributed by atoms with Gasteiger partial charge < -0.3 is 15.7 Å². The average Bonchev–Trinajstić information content (AvgIpc) is 2.83. The SMILES string of the molecule is CC(C)CC(O)CNC(=O)Nc1ccc2c(c1)CCC2. The third-order valence-electron chi connectivity index (χ3n) is 3.60. The Bertz CT molecular complexity index is 472. The van der Waals surface area contributed by atoms with Crippen LogP contribution in [0.2, 0.25) is 0 Å². The van der Waals surface area contributed by atoms with E-state index in [-0.39, 0.29) is 12.6 Å². The van der Waals surface area contributed by atoms with Gasteiger partial charge in [0.15, 0.2) is 0 Å². The van der Waals surface area contributed by atoms with Crippen LogP contribution >= 0.6 is 0 Å². The molecule has 0 saturated heterocycles. The van der Waals surface area contributed by atoms with Crippen molar-refractivity contribution in [3.05, 3.63) is 29.3 Å². The van der Waals surface area contributed by atoms with Gasteiger partial charge in [-0.05, 0) is 54.9 Å². The van der Waals surface area contributed by atoms with Crippen LogP contribution < -0.4 is 10.6 Å². The minimum atomic E-state index is -0.485. The second-order valence-electron chi connectivity index (χ2n) is 5.96. The molecule has 20 heavy (non-hydrogen) atoms. The molecule has 0 spiro atoms. The van der Waals surface area contributed by atoms with Crippen molar-refractivity contribution in [1.29, 1.82) is 0 Å². The monoisotopic (exact) mass is 276 g/mol. The molecular weight excluding hydrogens is 252 g/mol. The molecule has 0 aromatic heterocycles. The summed E-state index contributed by atoms with van der Waals surface area (Å²) < 4.78 is 0. The molecule has 1 atom stereocenters. The highest BCUT2D eigenvalue weighted by Gasteiger charge is 2.12. The van der Waals surface area contributed by atoms with Crippen LogP contribution in [0.3, 0.4) is 0 Å². The summed E-state index contributed by atoms with van der Waals surface area (Å²) in [6, 6.07) is 5.82. The molecule has 110 valence electrons. The van der Waals surface area contributed by atoms with Gasteiger partial charge in [-0.1, -0.05) is 19.9 Å². The van der Waals surface area contributed by atoms with Gasteiger partial charge in [0.05, 0.1) is 6.10 Å². The standard InChI is InChI=1S/C16H24N2O2/c1-11(2)8-15(19)10-17-16(20)18-14-7-6-12-4-3-5-13(12)9-14/h6-7,9,11,15,19H,3-5,8,10H2,1-2H3,(H2,17,18,20). The van der Waals surface area contributed by atoms with Gasteiger partial charge in [0, 0.05) is 12.2 Å². The number of carbonyl (C=O) groups is 1. The van der Waals surface area contributed by atoms with E-state index >= 15 is 0 Å². The van der Waals surface area contributed by atoms with Gasteiger partial charge in [-0.3, -0.25) is 0 Å². The van der Waals surface area contributed by atoms with E-state index < -0.39 is 6.10 Å². The van der Waals surface area contributed by atoms with Crippen molar-refractivity contribution in [3.8, 4) is 0 Å². The lowest BCUT2D eigenvalue weighted by molar-refractivity contribution is 0.148. The number of anilines is 1. The number of benzene rings is 1. The van der Waals surface area contributed by atoms with E-state index in [0.29, 0.717) is 12.3 Å². The van der Waals surface area contributed by atoms with E-state index in [2.05, 4.69) is 16.7 Å². The minimum absolute atomic E-state index is 0.259. The number of aliphatic hydroxyl groups is 1. The second kappa shape index (κ2) is 6.75. The summed E-state index contributed by atoms with van der Waals surface area (Å²) in [5.41, 5.74) is 3.55. The Morgan fingerprint density at radius 3 is 2.80 bits per heavy atom. The Balaban J connectivity index is 1.80. The first kappa shape index (κ1) is 14.9. The molecular formula is C16H24N2O2. The van der Waals surface area contributed by atoms with E-state index in [4.69, 9.17) is 0 Å². The summed E-state index contributed by atoms with van der Waals surface area (Å²) in [7, 11) is 0. The number of fused-ring (bicyclic) bond motifs is 1. The third-order valence-corrected chi connectivity index (χ3v) is 3.60. The molecule has 1 aromatic rings. The highest BCUT2D eigenvalue weighted by atomic mass is 16.3. The van der Waals surface area contributed by atoms with E-state index in [0.717, 1.165) is 18.5 Å². The number of hydrogen-bond acceptors (Lipinski definition) is 2. The van der Waals surface area contributed by atoms with Crippen molar-refractivity contribution in [2.75, 3.05) is 11.9 Å². The van der Waals surface area contributed by atoms with E-state index in [1.807, 2.05) is 26.0 Å². The van der Waals surface area contributed by atoms with Gasteiger partial charge in [0.1, 0.15) is 0 Å². The van der Waals surface area contributed by atoms with Gasteiger partial charge in [-0.25, -0.2) is 4.79 Å². The molecule has 0 aliphatic heterocycles. The number of aryl methyl sites for hydroxylation is 2. The highest BCUT2D eigenvalue weighted by molar-refractivity contribution is 5.89. The fourth-order valence-corrected chi connectivity index (χ4v) is 2.66. The van der Waals surface area contributed by atoms with Crippen molar-refractivity contribution >= 4 is 11.7 Å². The lowest BCUT2D eigenvalue weighted by Gasteiger charge is -2.14. The molecule has 0 saturated carbocycles. The zero-order chi connectivity index (χ0) is 14.5. The Hall–Kier alpha value is -1.55. The molecule has 1 aromatic carbocycles. The number of aliphatic hydroxyl groups excluding tert-OH is 1. The smallest absolute Gasteiger partial charge is 0.319 e. The van der Waals surface area contributed by atoms with Crippen molar-refractivity contribution in [2.45, 2.75) is 45.6 Å². The third kappa shape index (κ3) is 4.23. The minimum Gasteiger partial charge on any atom is -0.391 e. The van der Waals surface area contributed by atoms with Gasteiger partial charge >= 0.3 is 6.03 Å². The van der Waals surface area contributed by atoms with Gasteiger partial charge in [0.25, 0.3) is 0 Å². The summed E-state index contributed by atoms with van der Waals surface area (Å²) in [6.45, 7) is 4.39. The first-order chi connectivity index (χ1) is 9.54. The molecule has 1 aliphatic rings. The first-order valence-electron chi connectivity index (χ1n) is 7.39. The molecule has 4 heteroatoms.